The molecule has 9 nitrogen and oxygen atoms in total. The third-order valence-corrected chi connectivity index (χ3v) is 7.82. The second-order valence-corrected chi connectivity index (χ2v) is 11.6. The topological polar surface area (TPSA) is 109 Å². The lowest BCUT2D eigenvalue weighted by Crippen LogP contribution is -2.43. The van der Waals surface area contributed by atoms with Crippen LogP contribution >= 0.6 is 0 Å². The van der Waals surface area contributed by atoms with E-state index in [4.69, 9.17) is 14.2 Å². The first-order valence-corrected chi connectivity index (χ1v) is 13.9. The first-order chi connectivity index (χ1) is 17.4. The van der Waals surface area contributed by atoms with E-state index in [1.54, 1.807) is 21.1 Å². The van der Waals surface area contributed by atoms with Gasteiger partial charge in [0.2, 0.25) is 0 Å². The zero-order valence-electron chi connectivity index (χ0n) is 24.6. The van der Waals surface area contributed by atoms with Gasteiger partial charge in [0, 0.05) is 39.1 Å². The fourth-order valence-electron chi connectivity index (χ4n) is 5.22. The Balaban J connectivity index is 0.000000516. The summed E-state index contributed by atoms with van der Waals surface area (Å²) in [6, 6.07) is 0.829. The van der Waals surface area contributed by atoms with Crippen molar-refractivity contribution in [2.75, 3.05) is 54.6 Å². The van der Waals surface area contributed by atoms with E-state index in [0.29, 0.717) is 43.0 Å². The van der Waals surface area contributed by atoms with Crippen LogP contribution in [0.4, 0.5) is 0 Å². The minimum atomic E-state index is -0.564. The summed E-state index contributed by atoms with van der Waals surface area (Å²) in [6.45, 7) is 11.6. The van der Waals surface area contributed by atoms with E-state index in [9.17, 15) is 14.7 Å². The summed E-state index contributed by atoms with van der Waals surface area (Å²) in [4.78, 5) is 24.8. The third kappa shape index (κ3) is 13.1. The summed E-state index contributed by atoms with van der Waals surface area (Å²) in [7, 11) is 7.52. The molecular weight excluding hydrogens is 474 g/mol. The lowest BCUT2D eigenvalue weighted by molar-refractivity contribution is -0.172. The highest BCUT2D eigenvalue weighted by Gasteiger charge is 2.30. The average Bonchev–Trinajstić information content (AvgIpc) is 3.39. The van der Waals surface area contributed by atoms with Crippen LogP contribution in [-0.4, -0.2) is 107 Å². The highest BCUT2D eigenvalue weighted by molar-refractivity contribution is 5.92. The van der Waals surface area contributed by atoms with Crippen molar-refractivity contribution in [3.05, 3.63) is 0 Å². The highest BCUT2D eigenvalue weighted by Crippen LogP contribution is 2.27. The number of nitrogens with zero attached hydrogens (tertiary/aromatic N) is 1. The number of ether oxygens (including phenoxy) is 3. The molecule has 0 aromatic carbocycles. The number of methoxy groups -OCH3 is 2. The summed E-state index contributed by atoms with van der Waals surface area (Å²) in [5.74, 6) is 0.485. The van der Waals surface area contributed by atoms with Crippen molar-refractivity contribution in [1.82, 2.24) is 15.5 Å². The minimum Gasteiger partial charge on any atom is -0.383 e. The summed E-state index contributed by atoms with van der Waals surface area (Å²) in [6.07, 6.45) is 5.15. The summed E-state index contributed by atoms with van der Waals surface area (Å²) in [5, 5.41) is 16.3. The quantitative estimate of drug-likeness (QED) is 0.217. The maximum atomic E-state index is 11.9. The van der Waals surface area contributed by atoms with Gasteiger partial charge in [0.25, 0.3) is 0 Å². The van der Waals surface area contributed by atoms with Crippen LogP contribution < -0.4 is 10.6 Å². The molecule has 0 amide bonds. The van der Waals surface area contributed by atoms with Crippen molar-refractivity contribution in [3.63, 3.8) is 0 Å². The van der Waals surface area contributed by atoms with E-state index in [2.05, 4.69) is 29.4 Å². The van der Waals surface area contributed by atoms with E-state index in [0.717, 1.165) is 45.5 Å². The Labute approximate surface area is 225 Å². The second-order valence-electron chi connectivity index (χ2n) is 11.6. The molecule has 0 aliphatic carbocycles. The van der Waals surface area contributed by atoms with E-state index in [1.807, 2.05) is 21.0 Å². The van der Waals surface area contributed by atoms with Gasteiger partial charge in [-0.2, -0.15) is 0 Å². The number of hydrogen-bond acceptors (Lipinski definition) is 9. The molecule has 2 saturated heterocycles. The third-order valence-electron chi connectivity index (χ3n) is 7.82. The molecule has 2 fully saturated rings. The first kappa shape index (κ1) is 34.1. The Morgan fingerprint density at radius 3 is 2.51 bits per heavy atom. The number of aliphatic hydroxyl groups is 1. The molecule has 3 N–H and O–H groups in total. The van der Waals surface area contributed by atoms with E-state index in [1.165, 1.54) is 6.42 Å². The van der Waals surface area contributed by atoms with Crippen LogP contribution in [0.1, 0.15) is 66.2 Å². The fraction of sp³-hybridized carbons (Fsp3) is 0.929. The van der Waals surface area contributed by atoms with Crippen molar-refractivity contribution in [2.24, 2.45) is 17.8 Å². The Bertz CT molecular complexity index is 635. The van der Waals surface area contributed by atoms with Crippen LogP contribution in [0.2, 0.25) is 0 Å². The van der Waals surface area contributed by atoms with Crippen LogP contribution in [0.3, 0.4) is 0 Å². The van der Waals surface area contributed by atoms with Crippen LogP contribution in [0.15, 0.2) is 0 Å². The lowest BCUT2D eigenvalue weighted by Gasteiger charge is -2.34. The fourth-order valence-corrected chi connectivity index (χ4v) is 5.22. The molecule has 37 heavy (non-hydrogen) atoms. The predicted molar refractivity (Wildman–Crippen MR) is 147 cm³/mol. The molecule has 8 atom stereocenters. The normalized spacial score (nSPS) is 28.1. The van der Waals surface area contributed by atoms with Gasteiger partial charge in [-0.05, 0) is 92.0 Å². The number of rotatable bonds is 15. The average molecular weight is 530 g/mol. The predicted octanol–water partition coefficient (Wildman–Crippen LogP) is 2.25. The van der Waals surface area contributed by atoms with E-state index >= 15 is 0 Å². The van der Waals surface area contributed by atoms with Gasteiger partial charge < -0.3 is 39.6 Å². The molecule has 2 heterocycles. The molecular formula is C28H55N3O6. The number of aldehydes is 1. The molecule has 0 bridgehead atoms. The van der Waals surface area contributed by atoms with E-state index < -0.39 is 12.2 Å². The monoisotopic (exact) mass is 529 g/mol. The zero-order chi connectivity index (χ0) is 28.0. The maximum absolute atomic E-state index is 11.9. The van der Waals surface area contributed by atoms with Crippen molar-refractivity contribution < 1.29 is 28.9 Å². The SMILES string of the molecule is CC1CC(N(C)C)CC(O)O1.COCC(NC[C@H](C)C[C@](C)(CCC(=O)C(C)C=O)OC)C1CCNC1. The molecule has 2 rings (SSSR count). The Morgan fingerprint density at radius 1 is 1.30 bits per heavy atom. The Hall–Kier alpha value is -0.940. The van der Waals surface area contributed by atoms with Gasteiger partial charge in [0.1, 0.15) is 12.1 Å². The van der Waals surface area contributed by atoms with Gasteiger partial charge >= 0.3 is 0 Å². The van der Waals surface area contributed by atoms with Crippen molar-refractivity contribution in [3.8, 4) is 0 Å². The van der Waals surface area contributed by atoms with Crippen LogP contribution in [-0.2, 0) is 23.8 Å². The molecule has 9 heteroatoms. The molecule has 0 radical (unpaired) electrons. The molecule has 0 aromatic heterocycles. The van der Waals surface area contributed by atoms with Gasteiger partial charge in [-0.15, -0.1) is 0 Å². The molecule has 218 valence electrons. The van der Waals surface area contributed by atoms with Crippen molar-refractivity contribution >= 4 is 12.1 Å². The Kier molecular flexibility index (Phi) is 16.2. The Morgan fingerprint density at radius 2 is 2.00 bits per heavy atom. The number of carbonyl (C=O) groups excluding carboxylic acids is 2. The number of Topliss-reactive ketones (excluding diaryl/α,β-unsaturated/α-hetero) is 1. The van der Waals surface area contributed by atoms with Crippen LogP contribution in [0, 0.1) is 17.8 Å². The number of aliphatic hydroxyl groups excluding tert-OH is 1. The second kappa shape index (κ2) is 17.6. The number of nitrogens with one attached hydrogen (secondary N) is 2. The van der Waals surface area contributed by atoms with Gasteiger partial charge in [0.15, 0.2) is 6.29 Å². The summed E-state index contributed by atoms with van der Waals surface area (Å²) >= 11 is 0. The zero-order valence-corrected chi connectivity index (χ0v) is 24.6. The smallest absolute Gasteiger partial charge is 0.156 e. The largest absolute Gasteiger partial charge is 0.383 e. The highest BCUT2D eigenvalue weighted by atomic mass is 16.6. The molecule has 2 aliphatic rings. The molecule has 2 aliphatic heterocycles. The van der Waals surface area contributed by atoms with Gasteiger partial charge in [-0.3, -0.25) is 4.79 Å². The van der Waals surface area contributed by atoms with Gasteiger partial charge in [-0.1, -0.05) is 6.92 Å². The molecule has 0 spiro atoms. The van der Waals surface area contributed by atoms with E-state index in [-0.39, 0.29) is 17.5 Å². The number of ketones is 1. The van der Waals surface area contributed by atoms with Crippen LogP contribution in [0.5, 0.6) is 0 Å². The summed E-state index contributed by atoms with van der Waals surface area (Å²) in [5.41, 5.74) is -0.356. The number of carbonyl (C=O) groups is 2. The van der Waals surface area contributed by atoms with Crippen LogP contribution in [0.25, 0.3) is 0 Å². The molecule has 6 unspecified atom stereocenters. The standard InChI is InChI=1S/C20H38N2O4.C8H17NO2/c1-15(11-22-18(14-25-4)17-7-9-21-12-17)10-20(3,26-5)8-6-19(24)16(2)13-23;1-6-4-7(9(2)3)5-8(10)11-6/h13,15-18,21-22H,6-12,14H2,1-5H3;6-8,10H,4-5H2,1-3H3/t15-,16?,17?,18?,20+;/m1./s1. The van der Waals surface area contributed by atoms with Crippen molar-refractivity contribution in [2.45, 2.75) is 96.3 Å². The van der Waals surface area contributed by atoms with Crippen molar-refractivity contribution in [1.29, 1.82) is 0 Å². The minimum absolute atomic E-state index is 0.0112. The van der Waals surface area contributed by atoms with Gasteiger partial charge in [-0.25, -0.2) is 0 Å². The van der Waals surface area contributed by atoms with Gasteiger partial charge in [0.05, 0.1) is 24.2 Å². The lowest BCUT2D eigenvalue weighted by atomic mass is 9.86. The number of hydrogen-bond donors (Lipinski definition) is 3. The first-order valence-electron chi connectivity index (χ1n) is 13.9. The molecule has 0 saturated carbocycles. The molecule has 0 aromatic rings. The maximum Gasteiger partial charge on any atom is 0.156 e. The summed E-state index contributed by atoms with van der Waals surface area (Å²) < 4.78 is 16.3.